The lowest BCUT2D eigenvalue weighted by Crippen LogP contribution is -2.44. The largest absolute Gasteiger partial charge is 0.466 e. The molecule has 0 radical (unpaired) electrons. The summed E-state index contributed by atoms with van der Waals surface area (Å²) in [5.41, 5.74) is 2.31. The van der Waals surface area contributed by atoms with Crippen LogP contribution >= 0.6 is 23.4 Å². The number of carbonyl (C=O) groups is 3. The molecule has 196 valence electrons. The monoisotopic (exact) mass is 543 g/mol. The SMILES string of the molecule is C=CCOC(=O)C1=C(C)N=C2SC=C(CC(=O)N3CCC[C@@H](C(=O)OCC)C3)N2[C@@H]1c1ccccc1Cl. The van der Waals surface area contributed by atoms with Gasteiger partial charge in [-0.3, -0.25) is 9.59 Å². The summed E-state index contributed by atoms with van der Waals surface area (Å²) in [5.74, 6) is -1.18. The van der Waals surface area contributed by atoms with E-state index in [0.29, 0.717) is 58.8 Å². The second-order valence-corrected chi connectivity index (χ2v) is 10.2. The number of likely N-dealkylation sites (tertiary alicyclic amines) is 1. The van der Waals surface area contributed by atoms with E-state index in [-0.39, 0.29) is 30.8 Å². The number of amidine groups is 1. The predicted octanol–water partition coefficient (Wildman–Crippen LogP) is 4.84. The molecule has 1 amide bonds. The van der Waals surface area contributed by atoms with Gasteiger partial charge in [0.25, 0.3) is 0 Å². The number of benzene rings is 1. The second-order valence-electron chi connectivity index (χ2n) is 8.91. The number of allylic oxidation sites excluding steroid dienone is 1. The number of nitrogens with zero attached hydrogens (tertiary/aromatic N) is 3. The number of carbonyl (C=O) groups excluding carboxylic acids is 3. The van der Waals surface area contributed by atoms with Crippen LogP contribution in [0.3, 0.4) is 0 Å². The summed E-state index contributed by atoms with van der Waals surface area (Å²) in [6, 6.07) is 6.70. The number of fused-ring (bicyclic) bond motifs is 1. The van der Waals surface area contributed by atoms with Crippen LogP contribution in [0.5, 0.6) is 0 Å². The highest BCUT2D eigenvalue weighted by atomic mass is 35.5. The molecule has 1 aromatic rings. The average Bonchev–Trinajstić information content (AvgIpc) is 3.28. The van der Waals surface area contributed by atoms with Crippen LogP contribution in [0.2, 0.25) is 5.02 Å². The Morgan fingerprint density at radius 3 is 2.78 bits per heavy atom. The van der Waals surface area contributed by atoms with Gasteiger partial charge in [0.15, 0.2) is 5.17 Å². The van der Waals surface area contributed by atoms with E-state index >= 15 is 0 Å². The van der Waals surface area contributed by atoms with Gasteiger partial charge in [-0.2, -0.15) is 0 Å². The number of piperidine rings is 1. The first-order chi connectivity index (χ1) is 17.8. The Kier molecular flexibility index (Phi) is 8.76. The smallest absolute Gasteiger partial charge is 0.338 e. The molecular weight excluding hydrogens is 514 g/mol. The highest BCUT2D eigenvalue weighted by Crippen LogP contribution is 2.46. The molecule has 0 aliphatic carbocycles. The predicted molar refractivity (Wildman–Crippen MR) is 144 cm³/mol. The van der Waals surface area contributed by atoms with E-state index in [1.807, 2.05) is 28.5 Å². The highest BCUT2D eigenvalue weighted by Gasteiger charge is 2.42. The number of ether oxygens (including phenoxy) is 2. The summed E-state index contributed by atoms with van der Waals surface area (Å²) in [7, 11) is 0. The van der Waals surface area contributed by atoms with Gasteiger partial charge in [-0.1, -0.05) is 54.2 Å². The molecule has 0 bridgehead atoms. The summed E-state index contributed by atoms with van der Waals surface area (Å²) >= 11 is 8.01. The zero-order valence-electron chi connectivity index (χ0n) is 20.9. The minimum atomic E-state index is -0.610. The zero-order valence-corrected chi connectivity index (χ0v) is 22.5. The van der Waals surface area contributed by atoms with Crippen molar-refractivity contribution in [3.8, 4) is 0 Å². The number of esters is 2. The molecule has 8 nitrogen and oxygen atoms in total. The summed E-state index contributed by atoms with van der Waals surface area (Å²) < 4.78 is 10.6. The van der Waals surface area contributed by atoms with Gasteiger partial charge in [-0.05, 0) is 43.7 Å². The van der Waals surface area contributed by atoms with Crippen molar-refractivity contribution in [2.45, 2.75) is 39.2 Å². The van der Waals surface area contributed by atoms with E-state index in [9.17, 15) is 14.4 Å². The van der Waals surface area contributed by atoms with E-state index in [2.05, 4.69) is 11.6 Å². The standard InChI is InChI=1S/C27H30ClN3O5S/c1-4-13-36-26(34)23-17(3)29-27-31(24(23)20-10-6-7-11-21(20)28)19(16-37-27)14-22(32)30-12-8-9-18(15-30)25(33)35-5-2/h4,6-7,10-11,16,18,24H,1,5,8-9,12-15H2,2-3H3/t18-,24-/m1/s1. The van der Waals surface area contributed by atoms with Crippen molar-refractivity contribution >= 4 is 46.4 Å². The van der Waals surface area contributed by atoms with Crippen LogP contribution in [-0.4, -0.2) is 59.1 Å². The van der Waals surface area contributed by atoms with Crippen LogP contribution in [0.1, 0.15) is 44.7 Å². The molecule has 0 N–H and O–H groups in total. The Morgan fingerprint density at radius 2 is 2.05 bits per heavy atom. The van der Waals surface area contributed by atoms with Crippen molar-refractivity contribution in [3.63, 3.8) is 0 Å². The van der Waals surface area contributed by atoms with Gasteiger partial charge >= 0.3 is 11.9 Å². The van der Waals surface area contributed by atoms with E-state index in [4.69, 9.17) is 21.1 Å². The Labute approximate surface area is 226 Å². The number of thioether (sulfide) groups is 1. The maximum Gasteiger partial charge on any atom is 0.338 e. The third-order valence-corrected chi connectivity index (χ3v) is 7.71. The van der Waals surface area contributed by atoms with Crippen LogP contribution < -0.4 is 0 Å². The van der Waals surface area contributed by atoms with Gasteiger partial charge in [-0.15, -0.1) is 0 Å². The Hall–Kier alpha value is -3.04. The fraction of sp³-hybridized carbons (Fsp3) is 0.407. The summed E-state index contributed by atoms with van der Waals surface area (Å²) in [5, 5.41) is 3.04. The molecule has 1 fully saturated rings. The lowest BCUT2D eigenvalue weighted by Gasteiger charge is -2.37. The Balaban J connectivity index is 1.61. The van der Waals surface area contributed by atoms with Crippen LogP contribution in [0.25, 0.3) is 0 Å². The number of hydrogen-bond donors (Lipinski definition) is 0. The number of rotatable bonds is 8. The zero-order chi connectivity index (χ0) is 26.5. The fourth-order valence-corrected chi connectivity index (χ4v) is 5.96. The number of halogens is 1. The molecule has 3 aliphatic rings. The molecule has 0 unspecified atom stereocenters. The molecule has 1 aromatic carbocycles. The van der Waals surface area contributed by atoms with Gasteiger partial charge in [0.05, 0.1) is 36.3 Å². The minimum absolute atomic E-state index is 0.0634. The third kappa shape index (κ3) is 5.78. The van der Waals surface area contributed by atoms with Gasteiger partial charge in [-0.25, -0.2) is 9.79 Å². The molecular formula is C27H30ClN3O5S. The van der Waals surface area contributed by atoms with E-state index < -0.39 is 12.0 Å². The highest BCUT2D eigenvalue weighted by molar-refractivity contribution is 8.16. The number of amides is 1. The Morgan fingerprint density at radius 1 is 1.27 bits per heavy atom. The van der Waals surface area contributed by atoms with Crippen molar-refractivity contribution < 1.29 is 23.9 Å². The topological polar surface area (TPSA) is 88.5 Å². The van der Waals surface area contributed by atoms with Crippen LogP contribution in [0.15, 0.2) is 64.3 Å². The molecule has 3 heterocycles. The van der Waals surface area contributed by atoms with Crippen LogP contribution in [0.4, 0.5) is 0 Å². The van der Waals surface area contributed by atoms with Gasteiger partial charge in [0, 0.05) is 23.8 Å². The van der Waals surface area contributed by atoms with Crippen molar-refractivity contribution in [3.05, 3.63) is 69.9 Å². The van der Waals surface area contributed by atoms with Crippen LogP contribution in [0, 0.1) is 5.92 Å². The quantitative estimate of drug-likeness (QED) is 0.342. The fourth-order valence-electron chi connectivity index (χ4n) is 4.76. The lowest BCUT2D eigenvalue weighted by atomic mass is 9.93. The van der Waals surface area contributed by atoms with E-state index in [1.54, 1.807) is 24.8 Å². The summed E-state index contributed by atoms with van der Waals surface area (Å²) in [4.78, 5) is 47.1. The minimum Gasteiger partial charge on any atom is -0.466 e. The van der Waals surface area contributed by atoms with Crippen molar-refractivity contribution in [1.29, 1.82) is 0 Å². The summed E-state index contributed by atoms with van der Waals surface area (Å²) in [6.07, 6.45) is 3.05. The molecule has 0 aromatic heterocycles. The number of aliphatic imine (C=N–C) groups is 1. The third-order valence-electron chi connectivity index (χ3n) is 6.48. The van der Waals surface area contributed by atoms with Crippen molar-refractivity contribution in [1.82, 2.24) is 9.80 Å². The molecule has 10 heteroatoms. The second kappa shape index (κ2) is 12.0. The maximum absolute atomic E-state index is 13.4. The first-order valence-corrected chi connectivity index (χ1v) is 13.5. The molecule has 0 saturated carbocycles. The van der Waals surface area contributed by atoms with E-state index in [1.165, 1.54) is 17.8 Å². The maximum atomic E-state index is 13.4. The number of hydrogen-bond acceptors (Lipinski definition) is 8. The average molecular weight is 544 g/mol. The van der Waals surface area contributed by atoms with Crippen LogP contribution in [-0.2, 0) is 23.9 Å². The van der Waals surface area contributed by atoms with Crippen molar-refractivity contribution in [2.24, 2.45) is 10.9 Å². The first-order valence-electron chi connectivity index (χ1n) is 12.3. The van der Waals surface area contributed by atoms with Crippen molar-refractivity contribution in [2.75, 3.05) is 26.3 Å². The molecule has 1 saturated heterocycles. The molecule has 3 aliphatic heterocycles. The summed E-state index contributed by atoms with van der Waals surface area (Å²) in [6.45, 7) is 8.47. The lowest BCUT2D eigenvalue weighted by molar-refractivity contribution is -0.151. The molecule has 0 spiro atoms. The molecule has 37 heavy (non-hydrogen) atoms. The molecule has 2 atom stereocenters. The normalized spacial score (nSPS) is 21.2. The van der Waals surface area contributed by atoms with Gasteiger partial charge in [0.1, 0.15) is 6.61 Å². The van der Waals surface area contributed by atoms with Gasteiger partial charge < -0.3 is 19.3 Å². The first kappa shape index (κ1) is 27.0. The molecule has 4 rings (SSSR count). The van der Waals surface area contributed by atoms with E-state index in [0.717, 1.165) is 6.42 Å². The Bertz CT molecular complexity index is 1190. The van der Waals surface area contributed by atoms with Gasteiger partial charge in [0.2, 0.25) is 5.91 Å².